The molecule has 0 amide bonds. The maximum Gasteiger partial charge on any atom is 0.137 e. The molecule has 7 nitrogen and oxygen atoms in total. The summed E-state index contributed by atoms with van der Waals surface area (Å²) in [6, 6.07) is 7.39. The van der Waals surface area contributed by atoms with Crippen LogP contribution in [0, 0.1) is 5.41 Å². The fourth-order valence-electron chi connectivity index (χ4n) is 2.05. The normalized spacial score (nSPS) is 14.5. The predicted octanol–water partition coefficient (Wildman–Crippen LogP) is 2.11. The van der Waals surface area contributed by atoms with E-state index in [4.69, 9.17) is 4.74 Å². The summed E-state index contributed by atoms with van der Waals surface area (Å²) in [6.07, 6.45) is 4.64. The van der Waals surface area contributed by atoms with Crippen molar-refractivity contribution < 1.29 is 14.7 Å². The lowest BCUT2D eigenvalue weighted by Gasteiger charge is -2.39. The van der Waals surface area contributed by atoms with E-state index < -0.39 is 11.0 Å². The van der Waals surface area contributed by atoms with Gasteiger partial charge in [-0.25, -0.2) is 9.67 Å². The molecule has 0 fully saturated rings. The number of rotatable bonds is 7. The number of hydrogen-bond donors (Lipinski definition) is 1. The van der Waals surface area contributed by atoms with Crippen LogP contribution in [0.25, 0.3) is 0 Å². The molecule has 1 aromatic carbocycles. The molecule has 1 N–H and O–H groups in total. The summed E-state index contributed by atoms with van der Waals surface area (Å²) in [5.74, 6) is 0.672. The van der Waals surface area contributed by atoms with E-state index in [9.17, 15) is 5.11 Å². The van der Waals surface area contributed by atoms with Gasteiger partial charge in [0, 0.05) is 0 Å². The molecular weight excluding hydrogens is 308 g/mol. The highest BCUT2D eigenvalue weighted by Crippen LogP contribution is 2.32. The Labute approximate surface area is 141 Å². The average Bonchev–Trinajstić information content (AvgIpc) is 3.03. The van der Waals surface area contributed by atoms with Crippen molar-refractivity contribution >= 4 is 6.21 Å². The van der Waals surface area contributed by atoms with E-state index in [-0.39, 0.29) is 6.61 Å². The van der Waals surface area contributed by atoms with Crippen molar-refractivity contribution in [3.63, 3.8) is 0 Å². The highest BCUT2D eigenvalue weighted by atomic mass is 16.6. The highest BCUT2D eigenvalue weighted by Gasteiger charge is 2.41. The van der Waals surface area contributed by atoms with Gasteiger partial charge in [0.25, 0.3) is 0 Å². The first-order valence-corrected chi connectivity index (χ1v) is 7.68. The quantitative estimate of drug-likeness (QED) is 0.620. The van der Waals surface area contributed by atoms with Crippen molar-refractivity contribution in [2.45, 2.75) is 32.9 Å². The lowest BCUT2D eigenvalue weighted by atomic mass is 9.77. The van der Waals surface area contributed by atoms with Gasteiger partial charge >= 0.3 is 0 Å². The molecule has 2 rings (SSSR count). The first-order chi connectivity index (χ1) is 11.3. The van der Waals surface area contributed by atoms with Crippen molar-refractivity contribution in [1.82, 2.24) is 14.8 Å². The van der Waals surface area contributed by atoms with Crippen molar-refractivity contribution in [1.29, 1.82) is 0 Å². The Kier molecular flexibility index (Phi) is 5.56. The van der Waals surface area contributed by atoms with Crippen LogP contribution in [0.2, 0.25) is 0 Å². The highest BCUT2D eigenvalue weighted by molar-refractivity contribution is 5.79. The van der Waals surface area contributed by atoms with E-state index in [2.05, 4.69) is 20.1 Å². The zero-order valence-corrected chi connectivity index (χ0v) is 14.5. The minimum Gasteiger partial charge on any atom is -0.490 e. The van der Waals surface area contributed by atoms with Crippen LogP contribution in [0.1, 0.15) is 26.3 Å². The molecule has 0 aliphatic carbocycles. The van der Waals surface area contributed by atoms with Crippen LogP contribution >= 0.6 is 0 Å². The zero-order chi connectivity index (χ0) is 17.6. The van der Waals surface area contributed by atoms with E-state index in [1.807, 2.05) is 45.0 Å². The summed E-state index contributed by atoms with van der Waals surface area (Å²) in [7, 11) is 1.50. The molecule has 1 atom stereocenters. The van der Waals surface area contributed by atoms with Gasteiger partial charge in [-0.15, -0.1) is 0 Å². The van der Waals surface area contributed by atoms with Gasteiger partial charge < -0.3 is 14.7 Å². The SMILES string of the molecule is CO/N=C/c1ccc(OCC(O)(Cn2cncn2)C(C)(C)C)cc1. The first kappa shape index (κ1) is 17.9. The van der Waals surface area contributed by atoms with Gasteiger partial charge in [0.15, 0.2) is 0 Å². The smallest absolute Gasteiger partial charge is 0.137 e. The number of nitrogens with zero attached hydrogens (tertiary/aromatic N) is 4. The van der Waals surface area contributed by atoms with Crippen LogP contribution in [0.5, 0.6) is 5.75 Å². The van der Waals surface area contributed by atoms with Crippen LogP contribution in [0.3, 0.4) is 0 Å². The second-order valence-corrected chi connectivity index (χ2v) is 6.65. The summed E-state index contributed by atoms with van der Waals surface area (Å²) in [6.45, 7) is 6.35. The maximum absolute atomic E-state index is 11.1. The van der Waals surface area contributed by atoms with Crippen molar-refractivity contribution in [3.8, 4) is 5.75 Å². The number of aromatic nitrogens is 3. The van der Waals surface area contributed by atoms with E-state index >= 15 is 0 Å². The van der Waals surface area contributed by atoms with E-state index in [1.165, 1.54) is 13.4 Å². The van der Waals surface area contributed by atoms with E-state index in [0.717, 1.165) is 5.56 Å². The number of benzene rings is 1. The summed E-state index contributed by atoms with van der Waals surface area (Å²) < 4.78 is 7.43. The molecular formula is C17H24N4O3. The molecule has 0 radical (unpaired) electrons. The van der Waals surface area contributed by atoms with Crippen LogP contribution in [0.4, 0.5) is 0 Å². The van der Waals surface area contributed by atoms with Crippen LogP contribution in [0.15, 0.2) is 42.1 Å². The molecule has 1 heterocycles. The number of aliphatic hydroxyl groups is 1. The standard InChI is InChI=1S/C17H24N4O3/c1-16(2,3)17(22,10-21-13-18-12-19-21)11-24-15-7-5-14(6-8-15)9-20-23-4/h5-9,12-13,22H,10-11H2,1-4H3/b20-9+. The monoisotopic (exact) mass is 332 g/mol. The van der Waals surface area contributed by atoms with Crippen LogP contribution in [-0.4, -0.2) is 45.4 Å². The number of ether oxygens (including phenoxy) is 1. The Hall–Kier alpha value is -2.41. The molecule has 130 valence electrons. The fraction of sp³-hybridized carbons (Fsp3) is 0.471. The van der Waals surface area contributed by atoms with Crippen LogP contribution in [-0.2, 0) is 11.4 Å². The molecule has 0 saturated heterocycles. The van der Waals surface area contributed by atoms with E-state index in [0.29, 0.717) is 12.3 Å². The summed E-state index contributed by atoms with van der Waals surface area (Å²) >= 11 is 0. The Morgan fingerprint density at radius 1 is 1.25 bits per heavy atom. The summed E-state index contributed by atoms with van der Waals surface area (Å²) in [5.41, 5.74) is -0.598. The van der Waals surface area contributed by atoms with Crippen LogP contribution < -0.4 is 4.74 Å². The Bertz CT molecular complexity index is 647. The predicted molar refractivity (Wildman–Crippen MR) is 91.0 cm³/mol. The Morgan fingerprint density at radius 2 is 1.96 bits per heavy atom. The van der Waals surface area contributed by atoms with Crippen molar-refractivity contribution in [2.75, 3.05) is 13.7 Å². The zero-order valence-electron chi connectivity index (χ0n) is 14.5. The van der Waals surface area contributed by atoms with Crippen molar-refractivity contribution in [3.05, 3.63) is 42.5 Å². The molecule has 2 aromatic rings. The lowest BCUT2D eigenvalue weighted by molar-refractivity contribution is -0.101. The first-order valence-electron chi connectivity index (χ1n) is 7.68. The molecule has 0 aliphatic heterocycles. The lowest BCUT2D eigenvalue weighted by Crippen LogP contribution is -2.51. The van der Waals surface area contributed by atoms with Gasteiger partial charge in [0.1, 0.15) is 37.7 Å². The Balaban J connectivity index is 2.06. The summed E-state index contributed by atoms with van der Waals surface area (Å²) in [5, 5.41) is 18.9. The van der Waals surface area contributed by atoms with Gasteiger partial charge in [-0.2, -0.15) is 5.10 Å². The third-order valence-corrected chi connectivity index (χ3v) is 3.95. The molecule has 0 bridgehead atoms. The third kappa shape index (κ3) is 4.55. The molecule has 1 unspecified atom stereocenters. The topological polar surface area (TPSA) is 81.8 Å². The minimum atomic E-state index is -1.10. The molecule has 1 aromatic heterocycles. The number of oxime groups is 1. The number of hydrogen-bond acceptors (Lipinski definition) is 6. The second-order valence-electron chi connectivity index (χ2n) is 6.65. The molecule has 24 heavy (non-hydrogen) atoms. The van der Waals surface area contributed by atoms with Crippen molar-refractivity contribution in [2.24, 2.45) is 10.6 Å². The fourth-order valence-corrected chi connectivity index (χ4v) is 2.05. The van der Waals surface area contributed by atoms with E-state index in [1.54, 1.807) is 17.2 Å². The molecule has 0 saturated carbocycles. The molecule has 7 heteroatoms. The van der Waals surface area contributed by atoms with Gasteiger partial charge in [-0.1, -0.05) is 25.9 Å². The van der Waals surface area contributed by atoms with Gasteiger partial charge in [-0.3, -0.25) is 0 Å². The largest absolute Gasteiger partial charge is 0.490 e. The molecule has 0 aliphatic rings. The van der Waals surface area contributed by atoms with Gasteiger partial charge in [0.05, 0.1) is 12.8 Å². The minimum absolute atomic E-state index is 0.141. The summed E-state index contributed by atoms with van der Waals surface area (Å²) in [4.78, 5) is 8.57. The average molecular weight is 332 g/mol. The maximum atomic E-state index is 11.1. The second kappa shape index (κ2) is 7.44. The third-order valence-electron chi connectivity index (χ3n) is 3.95. The van der Waals surface area contributed by atoms with Gasteiger partial charge in [-0.05, 0) is 35.2 Å². The molecule has 0 spiro atoms. The Morgan fingerprint density at radius 3 is 2.50 bits per heavy atom. The van der Waals surface area contributed by atoms with Gasteiger partial charge in [0.2, 0.25) is 0 Å².